The second-order valence-corrected chi connectivity index (χ2v) is 8.66. The highest BCUT2D eigenvalue weighted by Gasteiger charge is 2.29. The van der Waals surface area contributed by atoms with Gasteiger partial charge in [-0.2, -0.15) is 4.99 Å². The molecule has 1 aliphatic carbocycles. The standard InChI is InChI=1S/C20H28BrFN8O3/c21-14-11-13(6-7-15(14)22)26-19(28-32)17-18(30-33-29-17)24-8-3-9-25-20(23)27-16(31)10-12-4-1-2-5-12/h6-7,11-12,17,29,32H,1-5,8-10H2,(H,24,30)(H,26,28)(H3,23,25,27,31). The van der Waals surface area contributed by atoms with Gasteiger partial charge < -0.3 is 26.9 Å². The van der Waals surface area contributed by atoms with E-state index >= 15 is 0 Å². The molecule has 1 heterocycles. The van der Waals surface area contributed by atoms with Gasteiger partial charge in [0, 0.05) is 25.2 Å². The summed E-state index contributed by atoms with van der Waals surface area (Å²) >= 11 is 3.11. The highest BCUT2D eigenvalue weighted by atomic mass is 79.9. The van der Waals surface area contributed by atoms with Gasteiger partial charge in [-0.25, -0.2) is 4.39 Å². The minimum Gasteiger partial charge on any atom is -0.409 e. The van der Waals surface area contributed by atoms with Crippen LogP contribution >= 0.6 is 15.9 Å². The van der Waals surface area contributed by atoms with Crippen molar-refractivity contribution in [1.29, 1.82) is 0 Å². The maximum Gasteiger partial charge on any atom is 0.249 e. The fourth-order valence-electron chi connectivity index (χ4n) is 3.64. The number of amidine groups is 2. The van der Waals surface area contributed by atoms with Gasteiger partial charge in [-0.1, -0.05) is 18.0 Å². The second-order valence-electron chi connectivity index (χ2n) is 7.81. The Labute approximate surface area is 199 Å². The number of carbonyl (C=O) groups excluding carboxylic acids is 1. The van der Waals surface area contributed by atoms with Gasteiger partial charge in [0.05, 0.1) is 4.47 Å². The molecule has 1 aromatic rings. The first-order chi connectivity index (χ1) is 16.0. The van der Waals surface area contributed by atoms with Crippen molar-refractivity contribution in [2.24, 2.45) is 27.0 Å². The Bertz CT molecular complexity index is 921. The van der Waals surface area contributed by atoms with Gasteiger partial charge in [0.25, 0.3) is 0 Å². The number of nitrogens with two attached hydrogens (primary N) is 1. The van der Waals surface area contributed by atoms with Crippen molar-refractivity contribution < 1.29 is 19.3 Å². The molecule has 180 valence electrons. The molecule has 1 aliphatic heterocycles. The SMILES string of the molecule is N/C(=N\C(=O)CC1CCCC1)NCCCNC1=NONC1/C(=N/O)Nc1ccc(F)c(Br)c1. The number of amides is 1. The number of guanidine groups is 1. The number of hydroxylamine groups is 1. The van der Waals surface area contributed by atoms with Crippen LogP contribution in [-0.2, 0) is 9.73 Å². The molecule has 0 spiro atoms. The molecule has 0 aromatic heterocycles. The first-order valence-corrected chi connectivity index (χ1v) is 11.5. The summed E-state index contributed by atoms with van der Waals surface area (Å²) in [6.45, 7) is 0.992. The topological polar surface area (TPSA) is 158 Å². The van der Waals surface area contributed by atoms with Crippen molar-refractivity contribution in [3.8, 4) is 0 Å². The summed E-state index contributed by atoms with van der Waals surface area (Å²) in [5.41, 5.74) is 8.91. The van der Waals surface area contributed by atoms with Gasteiger partial charge in [-0.15, -0.1) is 5.48 Å². The molecule has 1 unspecified atom stereocenters. The van der Waals surface area contributed by atoms with Crippen molar-refractivity contribution >= 4 is 45.2 Å². The smallest absolute Gasteiger partial charge is 0.249 e. The van der Waals surface area contributed by atoms with E-state index in [2.05, 4.69) is 52.7 Å². The third kappa shape index (κ3) is 7.56. The predicted molar refractivity (Wildman–Crippen MR) is 126 cm³/mol. The lowest BCUT2D eigenvalue weighted by molar-refractivity contribution is -0.118. The van der Waals surface area contributed by atoms with Crippen LogP contribution in [0.15, 0.2) is 38.0 Å². The third-order valence-corrected chi connectivity index (χ3v) is 5.92. The average molecular weight is 527 g/mol. The Kier molecular flexibility index (Phi) is 9.24. The zero-order valence-electron chi connectivity index (χ0n) is 18.0. The Morgan fingerprint density at radius 3 is 2.88 bits per heavy atom. The maximum atomic E-state index is 13.4. The quantitative estimate of drug-likeness (QED) is 0.0985. The molecule has 0 radical (unpaired) electrons. The largest absolute Gasteiger partial charge is 0.409 e. The van der Waals surface area contributed by atoms with E-state index in [4.69, 9.17) is 10.7 Å². The molecule has 1 saturated carbocycles. The van der Waals surface area contributed by atoms with Crippen LogP contribution in [0.3, 0.4) is 0 Å². The monoisotopic (exact) mass is 526 g/mol. The van der Waals surface area contributed by atoms with E-state index in [1.807, 2.05) is 0 Å². The van der Waals surface area contributed by atoms with E-state index in [0.29, 0.717) is 43.4 Å². The molecule has 2 aliphatic rings. The number of aliphatic imine (C=N–C) groups is 1. The number of hydrogen-bond acceptors (Lipinski definition) is 7. The fraction of sp³-hybridized carbons (Fsp3) is 0.500. The number of nitrogens with zero attached hydrogens (tertiary/aromatic N) is 3. The molecule has 1 atom stereocenters. The predicted octanol–water partition coefficient (Wildman–Crippen LogP) is 2.00. The van der Waals surface area contributed by atoms with Crippen LogP contribution in [0.2, 0.25) is 0 Å². The molecule has 1 aromatic carbocycles. The molecule has 7 N–H and O–H groups in total. The minimum atomic E-state index is -0.688. The van der Waals surface area contributed by atoms with Crippen molar-refractivity contribution in [2.45, 2.75) is 44.6 Å². The molecule has 13 heteroatoms. The lowest BCUT2D eigenvalue weighted by atomic mass is 10.0. The average Bonchev–Trinajstić information content (AvgIpc) is 3.46. The zero-order valence-corrected chi connectivity index (χ0v) is 19.6. The van der Waals surface area contributed by atoms with Gasteiger partial charge in [-0.05, 0) is 64.5 Å². The van der Waals surface area contributed by atoms with E-state index in [0.717, 1.165) is 12.8 Å². The van der Waals surface area contributed by atoms with Gasteiger partial charge in [0.15, 0.2) is 23.7 Å². The number of benzene rings is 1. The van der Waals surface area contributed by atoms with E-state index < -0.39 is 11.9 Å². The molecular weight excluding hydrogens is 499 g/mol. The lowest BCUT2D eigenvalue weighted by Crippen LogP contribution is -2.47. The number of anilines is 1. The summed E-state index contributed by atoms with van der Waals surface area (Å²) in [7, 11) is 0. The molecule has 0 bridgehead atoms. The number of hydrogen-bond donors (Lipinski definition) is 6. The van der Waals surface area contributed by atoms with Gasteiger partial charge in [-0.3, -0.25) is 9.73 Å². The van der Waals surface area contributed by atoms with Crippen molar-refractivity contribution in [2.75, 3.05) is 18.4 Å². The van der Waals surface area contributed by atoms with E-state index in [1.165, 1.54) is 31.0 Å². The maximum absolute atomic E-state index is 13.4. The summed E-state index contributed by atoms with van der Waals surface area (Å²) in [4.78, 5) is 20.8. The van der Waals surface area contributed by atoms with Crippen molar-refractivity contribution in [3.63, 3.8) is 0 Å². The highest BCUT2D eigenvalue weighted by molar-refractivity contribution is 9.10. The minimum absolute atomic E-state index is 0.104. The number of rotatable bonds is 8. The molecule has 1 amide bonds. The first kappa shape index (κ1) is 24.7. The Balaban J connectivity index is 1.39. The summed E-state index contributed by atoms with van der Waals surface area (Å²) in [5.74, 6) is 0.445. The Morgan fingerprint density at radius 1 is 1.36 bits per heavy atom. The molecule has 0 saturated heterocycles. The van der Waals surface area contributed by atoms with Crippen LogP contribution in [0.5, 0.6) is 0 Å². The summed E-state index contributed by atoms with van der Waals surface area (Å²) in [5, 5.41) is 25.4. The number of halogens is 2. The van der Waals surface area contributed by atoms with E-state index in [1.54, 1.807) is 0 Å². The normalized spacial score (nSPS) is 19.2. The lowest BCUT2D eigenvalue weighted by Gasteiger charge is -2.16. The van der Waals surface area contributed by atoms with Crippen LogP contribution in [0.4, 0.5) is 10.1 Å². The van der Waals surface area contributed by atoms with Crippen molar-refractivity contribution in [1.82, 2.24) is 16.1 Å². The van der Waals surface area contributed by atoms with Crippen LogP contribution in [0, 0.1) is 11.7 Å². The van der Waals surface area contributed by atoms with E-state index in [9.17, 15) is 14.4 Å². The third-order valence-electron chi connectivity index (χ3n) is 5.31. The molecule has 1 fully saturated rings. The van der Waals surface area contributed by atoms with Crippen LogP contribution in [0.25, 0.3) is 0 Å². The van der Waals surface area contributed by atoms with Crippen LogP contribution < -0.4 is 27.2 Å². The van der Waals surface area contributed by atoms with Gasteiger partial charge >= 0.3 is 0 Å². The number of oxime groups is 2. The summed E-state index contributed by atoms with van der Waals surface area (Å²) in [6, 6.07) is 3.60. The highest BCUT2D eigenvalue weighted by Crippen LogP contribution is 2.27. The number of nitrogens with one attached hydrogen (secondary N) is 4. The van der Waals surface area contributed by atoms with Crippen LogP contribution in [-0.4, -0.2) is 47.9 Å². The van der Waals surface area contributed by atoms with Gasteiger partial charge in [0.2, 0.25) is 5.91 Å². The molecule has 3 rings (SSSR count). The summed E-state index contributed by atoms with van der Waals surface area (Å²) < 4.78 is 13.7. The van der Waals surface area contributed by atoms with Crippen molar-refractivity contribution in [3.05, 3.63) is 28.5 Å². The molecule has 33 heavy (non-hydrogen) atoms. The summed E-state index contributed by atoms with van der Waals surface area (Å²) in [6.07, 6.45) is 5.63. The second kappa shape index (κ2) is 12.3. The van der Waals surface area contributed by atoms with Gasteiger partial charge in [0.1, 0.15) is 5.82 Å². The molecule has 11 nitrogen and oxygen atoms in total. The van der Waals surface area contributed by atoms with Crippen LogP contribution in [0.1, 0.15) is 38.5 Å². The number of carbonyl (C=O) groups is 1. The fourth-order valence-corrected chi connectivity index (χ4v) is 4.01. The van der Waals surface area contributed by atoms with E-state index in [-0.39, 0.29) is 22.2 Å². The Morgan fingerprint density at radius 2 is 2.15 bits per heavy atom. The zero-order chi connectivity index (χ0) is 23.6. The molecular formula is C20H28BrFN8O3. The Hall–Kier alpha value is -2.93. The first-order valence-electron chi connectivity index (χ1n) is 10.7.